The number of rotatable bonds is 5. The predicted molar refractivity (Wildman–Crippen MR) is 100 cm³/mol. The molecule has 2 aromatic rings. The van der Waals surface area contributed by atoms with E-state index < -0.39 is 0 Å². The van der Waals surface area contributed by atoms with Crippen molar-refractivity contribution in [3.05, 3.63) is 63.6 Å². The highest BCUT2D eigenvalue weighted by Gasteiger charge is 2.14. The Morgan fingerprint density at radius 3 is 2.38 bits per heavy atom. The predicted octanol–water partition coefficient (Wildman–Crippen LogP) is 3.85. The molecule has 126 valence electrons. The minimum absolute atomic E-state index is 0.0402. The molecule has 0 aliphatic rings. The van der Waals surface area contributed by atoms with Gasteiger partial charge in [-0.05, 0) is 55.3 Å². The maximum atomic E-state index is 12.1. The summed E-state index contributed by atoms with van der Waals surface area (Å²) >= 11 is 3.34. The lowest BCUT2D eigenvalue weighted by Crippen LogP contribution is -2.38. The Hall–Kier alpha value is -2.14. The Morgan fingerprint density at radius 1 is 1.08 bits per heavy atom. The molecule has 2 rings (SSSR count). The third-order valence-corrected chi connectivity index (χ3v) is 4.29. The summed E-state index contributed by atoms with van der Waals surface area (Å²) in [5, 5.41) is 2.86. The van der Waals surface area contributed by atoms with Gasteiger partial charge in [-0.1, -0.05) is 28.1 Å². The molecule has 0 aromatic heterocycles. The van der Waals surface area contributed by atoms with E-state index in [1.165, 1.54) is 6.92 Å². The number of carbonyl (C=O) groups is 2. The standard InChI is InChI=1S/C19H21BrN2O2/c1-13-4-5-14(2)18(12-13)22(15(3)23)11-10-21-19(24)16-6-8-17(20)9-7-16/h4-9,12H,10-11H2,1-3H3,(H,21,24). The van der Waals surface area contributed by atoms with Crippen LogP contribution in [0.1, 0.15) is 28.4 Å². The van der Waals surface area contributed by atoms with Crippen molar-refractivity contribution < 1.29 is 9.59 Å². The average Bonchev–Trinajstić information content (AvgIpc) is 2.54. The maximum Gasteiger partial charge on any atom is 0.251 e. The largest absolute Gasteiger partial charge is 0.350 e. The Balaban J connectivity index is 2.02. The summed E-state index contributed by atoms with van der Waals surface area (Å²) < 4.78 is 0.928. The van der Waals surface area contributed by atoms with Crippen molar-refractivity contribution in [2.75, 3.05) is 18.0 Å². The molecule has 0 heterocycles. The third-order valence-electron chi connectivity index (χ3n) is 3.76. The number of carbonyl (C=O) groups excluding carboxylic acids is 2. The second-order valence-electron chi connectivity index (χ2n) is 5.72. The first kappa shape index (κ1) is 18.2. The zero-order valence-electron chi connectivity index (χ0n) is 14.1. The molecule has 24 heavy (non-hydrogen) atoms. The van der Waals surface area contributed by atoms with Gasteiger partial charge in [0.05, 0.1) is 0 Å². The Morgan fingerprint density at radius 2 is 1.75 bits per heavy atom. The van der Waals surface area contributed by atoms with Gasteiger partial charge in [-0.3, -0.25) is 9.59 Å². The highest BCUT2D eigenvalue weighted by Crippen LogP contribution is 2.21. The average molecular weight is 389 g/mol. The Labute approximate surface area is 151 Å². The molecule has 0 saturated heterocycles. The van der Waals surface area contributed by atoms with E-state index in [0.717, 1.165) is 21.3 Å². The highest BCUT2D eigenvalue weighted by atomic mass is 79.9. The fourth-order valence-electron chi connectivity index (χ4n) is 2.44. The van der Waals surface area contributed by atoms with Gasteiger partial charge in [-0.25, -0.2) is 0 Å². The van der Waals surface area contributed by atoms with Crippen LogP contribution >= 0.6 is 15.9 Å². The fourth-order valence-corrected chi connectivity index (χ4v) is 2.71. The van der Waals surface area contributed by atoms with E-state index in [1.54, 1.807) is 17.0 Å². The molecule has 0 aliphatic heterocycles. The number of benzene rings is 2. The van der Waals surface area contributed by atoms with Gasteiger partial charge in [-0.15, -0.1) is 0 Å². The molecule has 0 fully saturated rings. The summed E-state index contributed by atoms with van der Waals surface area (Å²) in [5.41, 5.74) is 3.62. The number of hydrogen-bond acceptors (Lipinski definition) is 2. The van der Waals surface area contributed by atoms with Crippen LogP contribution in [0, 0.1) is 13.8 Å². The summed E-state index contributed by atoms with van der Waals surface area (Å²) in [6.07, 6.45) is 0. The number of aryl methyl sites for hydroxylation is 2. The Kier molecular flexibility index (Phi) is 6.15. The molecule has 2 amide bonds. The molecule has 0 bridgehead atoms. The maximum absolute atomic E-state index is 12.1. The van der Waals surface area contributed by atoms with E-state index in [1.807, 2.05) is 44.2 Å². The quantitative estimate of drug-likeness (QED) is 0.845. The van der Waals surface area contributed by atoms with Crippen molar-refractivity contribution in [1.82, 2.24) is 5.32 Å². The SMILES string of the molecule is CC(=O)N(CCNC(=O)c1ccc(Br)cc1)c1cc(C)ccc1C. The van der Waals surface area contributed by atoms with Crippen LogP contribution in [0.3, 0.4) is 0 Å². The van der Waals surface area contributed by atoms with Gasteiger partial charge in [0.15, 0.2) is 0 Å². The fraction of sp³-hybridized carbons (Fsp3) is 0.263. The van der Waals surface area contributed by atoms with E-state index in [2.05, 4.69) is 21.2 Å². The second-order valence-corrected chi connectivity index (χ2v) is 6.64. The van der Waals surface area contributed by atoms with Crippen LogP contribution in [0.25, 0.3) is 0 Å². The lowest BCUT2D eigenvalue weighted by atomic mass is 10.1. The molecule has 0 aliphatic carbocycles. The Bertz CT molecular complexity index is 742. The topological polar surface area (TPSA) is 49.4 Å². The lowest BCUT2D eigenvalue weighted by molar-refractivity contribution is -0.116. The van der Waals surface area contributed by atoms with E-state index in [-0.39, 0.29) is 11.8 Å². The van der Waals surface area contributed by atoms with Crippen LogP contribution in [0.4, 0.5) is 5.69 Å². The molecular formula is C19H21BrN2O2. The van der Waals surface area contributed by atoms with Gasteiger partial charge in [0.25, 0.3) is 5.91 Å². The zero-order chi connectivity index (χ0) is 17.7. The molecule has 4 nitrogen and oxygen atoms in total. The highest BCUT2D eigenvalue weighted by molar-refractivity contribution is 9.10. The first-order chi connectivity index (χ1) is 11.4. The van der Waals surface area contributed by atoms with Gasteiger partial charge in [-0.2, -0.15) is 0 Å². The van der Waals surface area contributed by atoms with E-state index in [4.69, 9.17) is 0 Å². The first-order valence-corrected chi connectivity index (χ1v) is 8.57. The summed E-state index contributed by atoms with van der Waals surface area (Å²) in [7, 11) is 0. The van der Waals surface area contributed by atoms with Gasteiger partial charge < -0.3 is 10.2 Å². The van der Waals surface area contributed by atoms with Crippen molar-refractivity contribution in [3.8, 4) is 0 Å². The van der Waals surface area contributed by atoms with Crippen LogP contribution in [0.2, 0.25) is 0 Å². The molecule has 0 radical (unpaired) electrons. The van der Waals surface area contributed by atoms with Crippen molar-refractivity contribution in [2.24, 2.45) is 0 Å². The number of nitrogens with one attached hydrogen (secondary N) is 1. The minimum Gasteiger partial charge on any atom is -0.350 e. The summed E-state index contributed by atoms with van der Waals surface area (Å²) in [6.45, 7) is 6.34. The second kappa shape index (κ2) is 8.11. The minimum atomic E-state index is -0.146. The van der Waals surface area contributed by atoms with Gasteiger partial charge in [0, 0.05) is 35.7 Å². The summed E-state index contributed by atoms with van der Waals surface area (Å²) in [4.78, 5) is 25.8. The molecule has 2 aromatic carbocycles. The number of nitrogens with zero attached hydrogens (tertiary/aromatic N) is 1. The van der Waals surface area contributed by atoms with Crippen LogP contribution in [-0.2, 0) is 4.79 Å². The van der Waals surface area contributed by atoms with Crippen LogP contribution in [0.5, 0.6) is 0 Å². The molecule has 0 unspecified atom stereocenters. The molecule has 0 spiro atoms. The molecular weight excluding hydrogens is 368 g/mol. The molecule has 1 N–H and O–H groups in total. The van der Waals surface area contributed by atoms with Gasteiger partial charge in [0.2, 0.25) is 5.91 Å². The van der Waals surface area contributed by atoms with Gasteiger partial charge in [0.1, 0.15) is 0 Å². The monoisotopic (exact) mass is 388 g/mol. The van der Waals surface area contributed by atoms with Crippen LogP contribution in [-0.4, -0.2) is 24.9 Å². The molecule has 0 atom stereocenters. The zero-order valence-corrected chi connectivity index (χ0v) is 15.7. The summed E-state index contributed by atoms with van der Waals surface area (Å²) in [6, 6.07) is 13.2. The number of hydrogen-bond donors (Lipinski definition) is 1. The number of halogens is 1. The summed E-state index contributed by atoms with van der Waals surface area (Å²) in [5.74, 6) is -0.187. The molecule has 0 saturated carbocycles. The van der Waals surface area contributed by atoms with Crippen LogP contribution in [0.15, 0.2) is 46.9 Å². The van der Waals surface area contributed by atoms with Gasteiger partial charge >= 0.3 is 0 Å². The van der Waals surface area contributed by atoms with E-state index >= 15 is 0 Å². The van der Waals surface area contributed by atoms with Crippen molar-refractivity contribution in [3.63, 3.8) is 0 Å². The number of amides is 2. The molecule has 5 heteroatoms. The van der Waals surface area contributed by atoms with Crippen molar-refractivity contribution >= 4 is 33.4 Å². The van der Waals surface area contributed by atoms with Crippen LogP contribution < -0.4 is 10.2 Å². The van der Waals surface area contributed by atoms with Crippen molar-refractivity contribution in [2.45, 2.75) is 20.8 Å². The number of anilines is 1. The van der Waals surface area contributed by atoms with Crippen molar-refractivity contribution in [1.29, 1.82) is 0 Å². The normalized spacial score (nSPS) is 10.3. The lowest BCUT2D eigenvalue weighted by Gasteiger charge is -2.23. The smallest absolute Gasteiger partial charge is 0.251 e. The first-order valence-electron chi connectivity index (χ1n) is 7.77. The van der Waals surface area contributed by atoms with E-state index in [0.29, 0.717) is 18.7 Å². The third kappa shape index (κ3) is 4.68. The van der Waals surface area contributed by atoms with E-state index in [9.17, 15) is 9.59 Å².